The van der Waals surface area contributed by atoms with Crippen molar-refractivity contribution in [1.82, 2.24) is 15.0 Å². The number of imidazole rings is 1. The van der Waals surface area contributed by atoms with Gasteiger partial charge >= 0.3 is 0 Å². The van der Waals surface area contributed by atoms with Crippen LogP contribution in [0, 0.1) is 2.88 Å². The minimum absolute atomic E-state index is 0.746. The Labute approximate surface area is 93.0 Å². The molecule has 0 radical (unpaired) electrons. The van der Waals surface area contributed by atoms with E-state index in [9.17, 15) is 0 Å². The number of H-pyrrole nitrogens is 1. The van der Waals surface area contributed by atoms with Crippen molar-refractivity contribution in [3.63, 3.8) is 0 Å². The summed E-state index contributed by atoms with van der Waals surface area (Å²) in [6, 6.07) is 0. The molecule has 2 N–H and O–H groups in total. The summed E-state index contributed by atoms with van der Waals surface area (Å²) in [5.41, 5.74) is 0. The first kappa shape index (κ1) is 8.95. The molecule has 0 spiro atoms. The molecule has 2 aromatic heterocycles. The number of nitrogens with zero attached hydrogens (tertiary/aromatic N) is 2. The van der Waals surface area contributed by atoms with Crippen molar-refractivity contribution >= 4 is 39.7 Å². The lowest BCUT2D eigenvalue weighted by atomic mass is 10.6. The summed E-state index contributed by atoms with van der Waals surface area (Å²) in [5, 5.41) is 4.26. The summed E-state index contributed by atoms with van der Waals surface area (Å²) >= 11 is 3.95. The second-order valence-electron chi connectivity index (χ2n) is 2.38. The number of aromatic nitrogens is 3. The normalized spacial score (nSPS) is 10.2. The van der Waals surface area contributed by atoms with Gasteiger partial charge in [0.25, 0.3) is 0 Å². The van der Waals surface area contributed by atoms with E-state index >= 15 is 0 Å². The SMILES string of the molecule is Ic1cnc(CNc2cnc[nH]2)s1. The van der Waals surface area contributed by atoms with E-state index in [1.54, 1.807) is 23.9 Å². The Morgan fingerprint density at radius 2 is 2.46 bits per heavy atom. The van der Waals surface area contributed by atoms with Crippen LogP contribution in [0.15, 0.2) is 18.7 Å². The van der Waals surface area contributed by atoms with Crippen LogP contribution in [0.25, 0.3) is 0 Å². The average molecular weight is 306 g/mol. The highest BCUT2D eigenvalue weighted by molar-refractivity contribution is 14.1. The molecule has 0 saturated heterocycles. The molecular weight excluding hydrogens is 299 g/mol. The van der Waals surface area contributed by atoms with Crippen LogP contribution in [0.2, 0.25) is 0 Å². The topological polar surface area (TPSA) is 53.6 Å². The molecular formula is C7H7IN4S. The van der Waals surface area contributed by atoms with Crippen molar-refractivity contribution in [1.29, 1.82) is 0 Å². The van der Waals surface area contributed by atoms with E-state index in [-0.39, 0.29) is 0 Å². The van der Waals surface area contributed by atoms with E-state index in [4.69, 9.17) is 0 Å². The molecule has 13 heavy (non-hydrogen) atoms. The van der Waals surface area contributed by atoms with Crippen molar-refractivity contribution in [3.05, 3.63) is 26.6 Å². The Balaban J connectivity index is 1.93. The van der Waals surface area contributed by atoms with Gasteiger partial charge in [-0.15, -0.1) is 11.3 Å². The maximum atomic E-state index is 4.23. The minimum atomic E-state index is 0.746. The summed E-state index contributed by atoms with van der Waals surface area (Å²) in [4.78, 5) is 11.1. The fourth-order valence-corrected chi connectivity index (χ4v) is 2.38. The fraction of sp³-hybridized carbons (Fsp3) is 0.143. The van der Waals surface area contributed by atoms with Crippen molar-refractivity contribution in [2.24, 2.45) is 0 Å². The van der Waals surface area contributed by atoms with E-state index in [2.05, 4.69) is 42.9 Å². The zero-order valence-electron chi connectivity index (χ0n) is 6.62. The Kier molecular flexibility index (Phi) is 2.79. The number of halogens is 1. The highest BCUT2D eigenvalue weighted by Gasteiger charge is 1.99. The Morgan fingerprint density at radius 1 is 1.54 bits per heavy atom. The van der Waals surface area contributed by atoms with Crippen molar-refractivity contribution < 1.29 is 0 Å². The number of thiazole rings is 1. The van der Waals surface area contributed by atoms with Gasteiger partial charge in [0.15, 0.2) is 0 Å². The first-order valence-corrected chi connectivity index (χ1v) is 5.56. The largest absolute Gasteiger partial charge is 0.364 e. The fourth-order valence-electron chi connectivity index (χ4n) is 0.893. The molecule has 2 heterocycles. The number of hydrogen-bond acceptors (Lipinski definition) is 4. The van der Waals surface area contributed by atoms with Gasteiger partial charge in [-0.25, -0.2) is 9.97 Å². The predicted octanol–water partition coefficient (Wildman–Crippen LogP) is 2.08. The second kappa shape index (κ2) is 4.05. The van der Waals surface area contributed by atoms with Gasteiger partial charge in [-0.2, -0.15) is 0 Å². The van der Waals surface area contributed by atoms with E-state index in [1.807, 2.05) is 6.20 Å². The standard InChI is InChI=1S/C7H7IN4S/c8-5-1-11-7(13-5)3-10-6-2-9-4-12-6/h1-2,4,10H,3H2,(H,9,12). The highest BCUT2D eigenvalue weighted by atomic mass is 127. The zero-order valence-corrected chi connectivity index (χ0v) is 9.59. The molecule has 0 amide bonds. The van der Waals surface area contributed by atoms with E-state index < -0.39 is 0 Å². The minimum Gasteiger partial charge on any atom is -0.364 e. The summed E-state index contributed by atoms with van der Waals surface area (Å²) < 4.78 is 1.21. The highest BCUT2D eigenvalue weighted by Crippen LogP contribution is 2.15. The van der Waals surface area contributed by atoms with E-state index in [1.165, 1.54) is 2.88 Å². The lowest BCUT2D eigenvalue weighted by Crippen LogP contribution is -1.98. The second-order valence-corrected chi connectivity index (χ2v) is 5.39. The molecule has 2 rings (SSSR count). The lowest BCUT2D eigenvalue weighted by Gasteiger charge is -1.98. The third kappa shape index (κ3) is 2.41. The molecule has 68 valence electrons. The third-order valence-electron chi connectivity index (χ3n) is 1.45. The molecule has 0 atom stereocenters. The molecule has 2 aromatic rings. The van der Waals surface area contributed by atoms with Gasteiger partial charge in [0.05, 0.1) is 28.1 Å². The third-order valence-corrected chi connectivity index (χ3v) is 3.18. The van der Waals surface area contributed by atoms with Crippen LogP contribution in [0.3, 0.4) is 0 Å². The quantitative estimate of drug-likeness (QED) is 0.854. The van der Waals surface area contributed by atoms with Crippen LogP contribution >= 0.6 is 33.9 Å². The predicted molar refractivity (Wildman–Crippen MR) is 60.7 cm³/mol. The van der Waals surface area contributed by atoms with Gasteiger partial charge in [0, 0.05) is 0 Å². The number of aromatic amines is 1. The molecule has 0 fully saturated rings. The van der Waals surface area contributed by atoms with Gasteiger partial charge in [-0.3, -0.25) is 0 Å². The number of nitrogens with one attached hydrogen (secondary N) is 2. The Hall–Kier alpha value is -0.630. The van der Waals surface area contributed by atoms with Crippen LogP contribution in [0.5, 0.6) is 0 Å². The maximum absolute atomic E-state index is 4.23. The van der Waals surface area contributed by atoms with Crippen LogP contribution in [-0.4, -0.2) is 15.0 Å². The number of hydrogen-bond donors (Lipinski definition) is 2. The van der Waals surface area contributed by atoms with Gasteiger partial charge in [0.2, 0.25) is 0 Å². The summed E-state index contributed by atoms with van der Waals surface area (Å²) in [6.45, 7) is 0.746. The molecule has 0 aliphatic carbocycles. The first-order valence-electron chi connectivity index (χ1n) is 3.67. The van der Waals surface area contributed by atoms with Gasteiger partial charge < -0.3 is 10.3 Å². The molecule has 0 unspecified atom stereocenters. The smallest absolute Gasteiger partial charge is 0.123 e. The molecule has 4 nitrogen and oxygen atoms in total. The van der Waals surface area contributed by atoms with Crippen molar-refractivity contribution in [2.75, 3.05) is 5.32 Å². The van der Waals surface area contributed by atoms with Crippen LogP contribution in [-0.2, 0) is 6.54 Å². The van der Waals surface area contributed by atoms with Gasteiger partial charge in [-0.1, -0.05) is 0 Å². The Morgan fingerprint density at radius 3 is 3.08 bits per heavy atom. The van der Waals surface area contributed by atoms with E-state index in [0.717, 1.165) is 17.4 Å². The maximum Gasteiger partial charge on any atom is 0.123 e. The van der Waals surface area contributed by atoms with Crippen LogP contribution < -0.4 is 5.32 Å². The van der Waals surface area contributed by atoms with Crippen molar-refractivity contribution in [3.8, 4) is 0 Å². The van der Waals surface area contributed by atoms with Crippen molar-refractivity contribution in [2.45, 2.75) is 6.54 Å². The molecule has 0 aliphatic heterocycles. The summed E-state index contributed by atoms with van der Waals surface area (Å²) in [6.07, 6.45) is 5.27. The van der Waals surface area contributed by atoms with Crippen LogP contribution in [0.1, 0.15) is 5.01 Å². The summed E-state index contributed by atoms with van der Waals surface area (Å²) in [5.74, 6) is 0.921. The Bertz CT molecular complexity index is 370. The number of rotatable bonds is 3. The molecule has 0 bridgehead atoms. The van der Waals surface area contributed by atoms with Crippen LogP contribution in [0.4, 0.5) is 5.82 Å². The first-order chi connectivity index (χ1) is 6.34. The molecule has 0 aliphatic rings. The summed E-state index contributed by atoms with van der Waals surface area (Å²) in [7, 11) is 0. The molecule has 0 aromatic carbocycles. The zero-order chi connectivity index (χ0) is 9.10. The molecule has 0 saturated carbocycles. The lowest BCUT2D eigenvalue weighted by molar-refractivity contribution is 1.09. The van der Waals surface area contributed by atoms with Gasteiger partial charge in [-0.05, 0) is 22.6 Å². The van der Waals surface area contributed by atoms with E-state index in [0.29, 0.717) is 0 Å². The monoisotopic (exact) mass is 306 g/mol. The average Bonchev–Trinajstić information content (AvgIpc) is 2.71. The molecule has 6 heteroatoms. The van der Waals surface area contributed by atoms with Gasteiger partial charge in [0.1, 0.15) is 10.8 Å². The number of anilines is 1.